The van der Waals surface area contributed by atoms with Gasteiger partial charge in [0.1, 0.15) is 0 Å². The van der Waals surface area contributed by atoms with Crippen LogP contribution in [0.5, 0.6) is 0 Å². The number of hydrogen-bond donors (Lipinski definition) is 1. The fraction of sp³-hybridized carbons (Fsp3) is 0.650. The number of hydrogen-bond acceptors (Lipinski definition) is 3. The van der Waals surface area contributed by atoms with Crippen molar-refractivity contribution in [3.05, 3.63) is 29.8 Å². The van der Waals surface area contributed by atoms with Gasteiger partial charge in [0, 0.05) is 57.5 Å². The molecule has 0 radical (unpaired) electrons. The Labute approximate surface area is 175 Å². The molecule has 0 aliphatic carbocycles. The molecule has 1 aromatic carbocycles. The maximum absolute atomic E-state index is 5.64. The molecule has 26 heavy (non-hydrogen) atoms. The molecule has 0 bridgehead atoms. The molecule has 2 aliphatic heterocycles. The lowest BCUT2D eigenvalue weighted by Gasteiger charge is -2.27. The van der Waals surface area contributed by atoms with Crippen LogP contribution in [0.2, 0.25) is 0 Å². The van der Waals surface area contributed by atoms with Crippen LogP contribution in [0, 0.1) is 12.3 Å². The fourth-order valence-electron chi connectivity index (χ4n) is 4.02. The van der Waals surface area contributed by atoms with Crippen LogP contribution in [0.4, 0.5) is 5.69 Å². The third-order valence-corrected chi connectivity index (χ3v) is 5.55. The number of aryl methyl sites for hydroxylation is 1. The average Bonchev–Trinajstić information content (AvgIpc) is 3.25. The van der Waals surface area contributed by atoms with Gasteiger partial charge >= 0.3 is 0 Å². The summed E-state index contributed by atoms with van der Waals surface area (Å²) in [7, 11) is 1.89. The zero-order chi connectivity index (χ0) is 17.7. The van der Waals surface area contributed by atoms with Crippen molar-refractivity contribution in [2.24, 2.45) is 10.4 Å². The Bertz CT molecular complexity index is 601. The van der Waals surface area contributed by atoms with Gasteiger partial charge in [-0.3, -0.25) is 4.99 Å². The maximum Gasteiger partial charge on any atom is 0.193 e. The molecule has 2 saturated heterocycles. The predicted octanol–water partition coefficient (Wildman–Crippen LogP) is 3.13. The number of aliphatic imine (C=N–C) groups is 1. The van der Waals surface area contributed by atoms with Gasteiger partial charge in [-0.1, -0.05) is 12.1 Å². The number of likely N-dealkylation sites (tertiary alicyclic amines) is 1. The molecule has 2 fully saturated rings. The van der Waals surface area contributed by atoms with Crippen molar-refractivity contribution in [2.45, 2.75) is 26.7 Å². The number of ether oxygens (including phenoxy) is 1. The summed E-state index contributed by atoms with van der Waals surface area (Å²) in [5.74, 6) is 1.03. The molecule has 0 saturated carbocycles. The van der Waals surface area contributed by atoms with Crippen molar-refractivity contribution in [2.75, 3.05) is 57.9 Å². The zero-order valence-electron chi connectivity index (χ0n) is 16.3. The Balaban J connectivity index is 0.00000243. The van der Waals surface area contributed by atoms with Gasteiger partial charge in [0.15, 0.2) is 5.96 Å². The molecule has 0 aromatic heterocycles. The van der Waals surface area contributed by atoms with E-state index in [1.807, 2.05) is 7.05 Å². The Kier molecular flexibility index (Phi) is 8.01. The van der Waals surface area contributed by atoms with Gasteiger partial charge in [-0.2, -0.15) is 0 Å². The normalized spacial score (nSPS) is 22.6. The van der Waals surface area contributed by atoms with Crippen LogP contribution in [-0.2, 0) is 4.74 Å². The van der Waals surface area contributed by atoms with Crippen LogP contribution in [-0.4, -0.2) is 63.8 Å². The minimum atomic E-state index is 0. The Morgan fingerprint density at radius 3 is 2.88 bits per heavy atom. The van der Waals surface area contributed by atoms with E-state index in [4.69, 9.17) is 4.74 Å². The van der Waals surface area contributed by atoms with Gasteiger partial charge in [-0.05, 0) is 44.4 Å². The summed E-state index contributed by atoms with van der Waals surface area (Å²) in [6, 6.07) is 8.72. The third kappa shape index (κ3) is 5.03. The summed E-state index contributed by atoms with van der Waals surface area (Å²) in [5.41, 5.74) is 2.97. The summed E-state index contributed by atoms with van der Waals surface area (Å²) in [4.78, 5) is 9.31. The standard InChI is InChI=1S/C20H32N4O.HI/c1-4-23(18-7-5-6-17(2)14-18)12-10-22-19(21-3)24-11-8-20(15-24)9-13-25-16-20;/h5-7,14H,4,8-13,15-16H2,1-3H3,(H,21,22);1H. The van der Waals surface area contributed by atoms with Crippen LogP contribution in [0.1, 0.15) is 25.3 Å². The number of benzene rings is 1. The molecule has 1 atom stereocenters. The van der Waals surface area contributed by atoms with Crippen LogP contribution in [0.15, 0.2) is 29.3 Å². The summed E-state index contributed by atoms with van der Waals surface area (Å²) in [5, 5.41) is 3.56. The average molecular weight is 472 g/mol. The molecule has 1 spiro atoms. The predicted molar refractivity (Wildman–Crippen MR) is 120 cm³/mol. The second-order valence-electron chi connectivity index (χ2n) is 7.37. The first kappa shape index (κ1) is 21.3. The molecular weight excluding hydrogens is 439 g/mol. The lowest BCUT2D eigenvalue weighted by molar-refractivity contribution is 0.156. The van der Waals surface area contributed by atoms with Gasteiger partial charge in [-0.15, -0.1) is 24.0 Å². The Morgan fingerprint density at radius 2 is 2.23 bits per heavy atom. The molecule has 1 aromatic rings. The van der Waals surface area contributed by atoms with Crippen molar-refractivity contribution in [1.82, 2.24) is 10.2 Å². The number of nitrogens with one attached hydrogen (secondary N) is 1. The molecule has 6 heteroatoms. The molecule has 1 unspecified atom stereocenters. The van der Waals surface area contributed by atoms with Gasteiger partial charge < -0.3 is 19.9 Å². The van der Waals surface area contributed by atoms with E-state index in [0.29, 0.717) is 5.41 Å². The topological polar surface area (TPSA) is 40.1 Å². The van der Waals surface area contributed by atoms with E-state index in [-0.39, 0.29) is 24.0 Å². The van der Waals surface area contributed by atoms with Gasteiger partial charge in [-0.25, -0.2) is 0 Å². The van der Waals surface area contributed by atoms with E-state index in [1.165, 1.54) is 24.1 Å². The molecule has 146 valence electrons. The smallest absolute Gasteiger partial charge is 0.193 e. The maximum atomic E-state index is 5.64. The van der Waals surface area contributed by atoms with Crippen molar-refractivity contribution in [3.8, 4) is 0 Å². The number of nitrogens with zero attached hydrogens (tertiary/aromatic N) is 3. The van der Waals surface area contributed by atoms with Crippen molar-refractivity contribution >= 4 is 35.6 Å². The highest BCUT2D eigenvalue weighted by Crippen LogP contribution is 2.38. The van der Waals surface area contributed by atoms with E-state index in [0.717, 1.165) is 51.9 Å². The van der Waals surface area contributed by atoms with Gasteiger partial charge in [0.05, 0.1) is 6.61 Å². The van der Waals surface area contributed by atoms with E-state index < -0.39 is 0 Å². The highest BCUT2D eigenvalue weighted by atomic mass is 127. The molecule has 1 N–H and O–H groups in total. The lowest BCUT2D eigenvalue weighted by atomic mass is 9.87. The minimum Gasteiger partial charge on any atom is -0.381 e. The van der Waals surface area contributed by atoms with Crippen LogP contribution in [0.25, 0.3) is 0 Å². The van der Waals surface area contributed by atoms with E-state index in [9.17, 15) is 0 Å². The van der Waals surface area contributed by atoms with Crippen LogP contribution >= 0.6 is 24.0 Å². The summed E-state index contributed by atoms with van der Waals surface area (Å²) < 4.78 is 5.64. The third-order valence-electron chi connectivity index (χ3n) is 5.55. The van der Waals surface area contributed by atoms with E-state index >= 15 is 0 Å². The highest BCUT2D eigenvalue weighted by Gasteiger charge is 2.42. The monoisotopic (exact) mass is 472 g/mol. The Morgan fingerprint density at radius 1 is 1.38 bits per heavy atom. The molecule has 3 rings (SSSR count). The first-order chi connectivity index (χ1) is 12.2. The second kappa shape index (κ2) is 9.78. The van der Waals surface area contributed by atoms with Gasteiger partial charge in [0.2, 0.25) is 0 Å². The zero-order valence-corrected chi connectivity index (χ0v) is 18.7. The number of likely N-dealkylation sites (N-methyl/N-ethyl adjacent to an activating group) is 1. The quantitative estimate of drug-likeness (QED) is 0.406. The number of anilines is 1. The van der Waals surface area contributed by atoms with Gasteiger partial charge in [0.25, 0.3) is 0 Å². The first-order valence-corrected chi connectivity index (χ1v) is 9.51. The molecule has 0 amide bonds. The summed E-state index contributed by atoms with van der Waals surface area (Å²) in [6.45, 7) is 11.2. The Hall–Kier alpha value is -1.02. The summed E-state index contributed by atoms with van der Waals surface area (Å²) >= 11 is 0. The number of rotatable bonds is 5. The second-order valence-corrected chi connectivity index (χ2v) is 7.37. The van der Waals surface area contributed by atoms with Crippen molar-refractivity contribution in [1.29, 1.82) is 0 Å². The lowest BCUT2D eigenvalue weighted by Crippen LogP contribution is -2.44. The van der Waals surface area contributed by atoms with Crippen molar-refractivity contribution < 1.29 is 4.74 Å². The first-order valence-electron chi connectivity index (χ1n) is 9.51. The van der Waals surface area contributed by atoms with Crippen LogP contribution in [0.3, 0.4) is 0 Å². The SMILES string of the molecule is CCN(CCNC(=NC)N1CCC2(CCOC2)C1)c1cccc(C)c1.I. The molecular formula is C20H33IN4O. The number of halogens is 1. The molecule has 2 heterocycles. The number of guanidine groups is 1. The van der Waals surface area contributed by atoms with Crippen molar-refractivity contribution in [3.63, 3.8) is 0 Å². The van der Waals surface area contributed by atoms with E-state index in [1.54, 1.807) is 0 Å². The highest BCUT2D eigenvalue weighted by molar-refractivity contribution is 14.0. The largest absolute Gasteiger partial charge is 0.381 e. The molecule has 5 nitrogen and oxygen atoms in total. The van der Waals surface area contributed by atoms with E-state index in [2.05, 4.69) is 58.2 Å². The molecule has 2 aliphatic rings. The fourth-order valence-corrected chi connectivity index (χ4v) is 4.02. The summed E-state index contributed by atoms with van der Waals surface area (Å²) in [6.07, 6.45) is 2.41. The van der Waals surface area contributed by atoms with Crippen LogP contribution < -0.4 is 10.2 Å². The minimum absolute atomic E-state index is 0.